The van der Waals surface area contributed by atoms with E-state index in [1.807, 2.05) is 0 Å². The third-order valence-electron chi connectivity index (χ3n) is 4.85. The Morgan fingerprint density at radius 1 is 1.11 bits per heavy atom. The van der Waals surface area contributed by atoms with Crippen molar-refractivity contribution in [3.05, 3.63) is 11.5 Å². The molecule has 0 bridgehead atoms. The van der Waals surface area contributed by atoms with Gasteiger partial charge in [0.2, 0.25) is 0 Å². The Morgan fingerprint density at radius 3 is 2.05 bits per heavy atom. The summed E-state index contributed by atoms with van der Waals surface area (Å²) in [6.45, 7) is 12.7. The van der Waals surface area contributed by atoms with E-state index in [-0.39, 0.29) is 30.4 Å². The van der Waals surface area contributed by atoms with Crippen molar-refractivity contribution in [3.63, 3.8) is 0 Å². The molecule has 102 valence electrons. The lowest BCUT2D eigenvalue weighted by Crippen LogP contribution is -2.41. The van der Waals surface area contributed by atoms with Crippen molar-refractivity contribution in [1.82, 2.24) is 0 Å². The van der Waals surface area contributed by atoms with Gasteiger partial charge in [0.05, 0.1) is 11.2 Å². The topological polar surface area (TPSA) is 42.2 Å². The predicted molar refractivity (Wildman–Crippen MR) is 78.9 cm³/mol. The summed E-state index contributed by atoms with van der Waals surface area (Å²) in [7, 11) is -0.278. The maximum absolute atomic E-state index is 9.10. The Hall–Kier alpha value is -0.720. The highest BCUT2D eigenvalue weighted by molar-refractivity contribution is 6.68. The number of nitrogens with zero attached hydrogens (tertiary/aromatic N) is 1. The zero-order chi connectivity index (χ0) is 14.5. The van der Waals surface area contributed by atoms with E-state index in [2.05, 4.69) is 53.6 Å². The molecule has 2 aliphatic rings. The standard InChI is InChI=1S/C14H23B2NO2/c1-12(2)9-15(10-17)8-7-11(12)16-18-13(3,4)14(5,6)19-16/h7H,8-9H2,1-6H3. The van der Waals surface area contributed by atoms with Gasteiger partial charge in [0.15, 0.2) is 0 Å². The third-order valence-corrected chi connectivity index (χ3v) is 4.85. The van der Waals surface area contributed by atoms with E-state index in [4.69, 9.17) is 14.6 Å². The fourth-order valence-corrected chi connectivity index (χ4v) is 2.85. The van der Waals surface area contributed by atoms with Crippen molar-refractivity contribution < 1.29 is 9.31 Å². The van der Waals surface area contributed by atoms with Gasteiger partial charge in [-0.25, -0.2) is 5.26 Å². The number of nitriles is 1. The molecule has 2 aliphatic heterocycles. The van der Waals surface area contributed by atoms with Gasteiger partial charge in [-0.05, 0) is 44.9 Å². The summed E-state index contributed by atoms with van der Waals surface area (Å²) in [6, 6.07) is 0. The minimum Gasteiger partial charge on any atom is -0.400 e. The summed E-state index contributed by atoms with van der Waals surface area (Å²) in [6.07, 6.45) is 3.83. The largest absolute Gasteiger partial charge is 0.490 e. The van der Waals surface area contributed by atoms with Crippen LogP contribution in [0.25, 0.3) is 0 Å². The van der Waals surface area contributed by atoms with Crippen molar-refractivity contribution in [3.8, 4) is 5.97 Å². The van der Waals surface area contributed by atoms with E-state index >= 15 is 0 Å². The molecule has 5 heteroatoms. The zero-order valence-electron chi connectivity index (χ0n) is 12.9. The van der Waals surface area contributed by atoms with Gasteiger partial charge in [-0.3, -0.25) is 0 Å². The Labute approximate surface area is 117 Å². The quantitative estimate of drug-likeness (QED) is 0.679. The molecule has 3 nitrogen and oxygen atoms in total. The number of hydrogen-bond acceptors (Lipinski definition) is 3. The molecule has 0 amide bonds. The molecule has 0 spiro atoms. The van der Waals surface area contributed by atoms with Crippen molar-refractivity contribution in [2.45, 2.75) is 65.4 Å². The van der Waals surface area contributed by atoms with Crippen molar-refractivity contribution >= 4 is 13.8 Å². The Morgan fingerprint density at radius 2 is 1.63 bits per heavy atom. The molecule has 0 N–H and O–H groups in total. The molecular formula is C14H23B2NO2. The first-order chi connectivity index (χ1) is 8.59. The minimum atomic E-state index is -0.305. The lowest BCUT2D eigenvalue weighted by atomic mass is 9.36. The van der Waals surface area contributed by atoms with Gasteiger partial charge in [-0.15, -0.1) is 0 Å². The van der Waals surface area contributed by atoms with Crippen LogP contribution in [0.5, 0.6) is 0 Å². The fraction of sp³-hybridized carbons (Fsp3) is 0.786. The maximum Gasteiger partial charge on any atom is 0.490 e. The Bertz CT molecular complexity index is 433. The molecule has 0 radical (unpaired) electrons. The molecule has 1 saturated heterocycles. The molecule has 0 saturated carbocycles. The SMILES string of the molecule is CC1(C)CB(C#N)CC=C1B1OC(C)(C)C(C)(C)O1. The molecular weight excluding hydrogens is 236 g/mol. The number of hydrogen-bond donors (Lipinski definition) is 0. The van der Waals surface area contributed by atoms with E-state index < -0.39 is 0 Å². The maximum atomic E-state index is 9.10. The number of rotatable bonds is 1. The molecule has 0 unspecified atom stereocenters. The van der Waals surface area contributed by atoms with Gasteiger partial charge in [0.25, 0.3) is 6.71 Å². The van der Waals surface area contributed by atoms with Crippen LogP contribution in [0.1, 0.15) is 41.5 Å². The van der Waals surface area contributed by atoms with Crippen LogP contribution in [-0.4, -0.2) is 25.0 Å². The highest BCUT2D eigenvalue weighted by Gasteiger charge is 2.55. The molecule has 2 heterocycles. The summed E-state index contributed by atoms with van der Waals surface area (Å²) in [5.74, 6) is 2.38. The molecule has 0 aromatic heterocycles. The molecule has 0 atom stereocenters. The normalized spacial score (nSPS) is 27.9. The van der Waals surface area contributed by atoms with Gasteiger partial charge in [0.1, 0.15) is 0 Å². The summed E-state index contributed by atoms with van der Waals surface area (Å²) >= 11 is 0. The van der Waals surface area contributed by atoms with Crippen LogP contribution in [0.4, 0.5) is 0 Å². The van der Waals surface area contributed by atoms with E-state index in [0.29, 0.717) is 0 Å². The van der Waals surface area contributed by atoms with Crippen LogP contribution in [0, 0.1) is 16.6 Å². The lowest BCUT2D eigenvalue weighted by molar-refractivity contribution is 0.00578. The summed E-state index contributed by atoms with van der Waals surface area (Å²) < 4.78 is 12.3. The summed E-state index contributed by atoms with van der Waals surface area (Å²) in [5.41, 5.74) is 0.541. The second-order valence-corrected chi connectivity index (χ2v) is 7.40. The zero-order valence-corrected chi connectivity index (χ0v) is 12.9. The first-order valence-corrected chi connectivity index (χ1v) is 7.05. The van der Waals surface area contributed by atoms with Crippen molar-refractivity contribution in [2.24, 2.45) is 5.41 Å². The van der Waals surface area contributed by atoms with E-state index in [9.17, 15) is 0 Å². The predicted octanol–water partition coefficient (Wildman–Crippen LogP) is 3.14. The molecule has 0 aromatic rings. The number of allylic oxidation sites excluding steroid dienone is 2. The van der Waals surface area contributed by atoms with Gasteiger partial charge in [-0.2, -0.15) is 0 Å². The molecule has 0 aromatic carbocycles. The molecule has 2 rings (SSSR count). The fourth-order valence-electron chi connectivity index (χ4n) is 2.85. The highest BCUT2D eigenvalue weighted by Crippen LogP contribution is 2.45. The van der Waals surface area contributed by atoms with Crippen LogP contribution in [0.3, 0.4) is 0 Å². The smallest absolute Gasteiger partial charge is 0.400 e. The van der Waals surface area contributed by atoms with Gasteiger partial charge >= 0.3 is 7.12 Å². The molecule has 1 fully saturated rings. The third kappa shape index (κ3) is 2.49. The van der Waals surface area contributed by atoms with E-state index in [0.717, 1.165) is 12.6 Å². The van der Waals surface area contributed by atoms with Crippen LogP contribution < -0.4 is 0 Å². The van der Waals surface area contributed by atoms with Crippen LogP contribution in [0.2, 0.25) is 12.6 Å². The van der Waals surface area contributed by atoms with E-state index in [1.54, 1.807) is 0 Å². The van der Waals surface area contributed by atoms with Crippen LogP contribution >= 0.6 is 0 Å². The first kappa shape index (κ1) is 14.7. The van der Waals surface area contributed by atoms with Crippen LogP contribution in [0.15, 0.2) is 11.5 Å². The summed E-state index contributed by atoms with van der Waals surface area (Å²) in [5, 5.41) is 9.10. The van der Waals surface area contributed by atoms with Crippen molar-refractivity contribution in [2.75, 3.05) is 0 Å². The Kier molecular flexibility index (Phi) is 3.40. The molecule has 19 heavy (non-hydrogen) atoms. The Balaban J connectivity index is 2.25. The van der Waals surface area contributed by atoms with E-state index in [1.165, 1.54) is 5.47 Å². The van der Waals surface area contributed by atoms with Gasteiger partial charge < -0.3 is 9.31 Å². The highest BCUT2D eigenvalue weighted by atomic mass is 16.7. The monoisotopic (exact) mass is 259 g/mol. The van der Waals surface area contributed by atoms with Crippen LogP contribution in [-0.2, 0) is 9.31 Å². The van der Waals surface area contributed by atoms with Gasteiger partial charge in [-0.1, -0.05) is 26.2 Å². The molecule has 0 aliphatic carbocycles. The second kappa shape index (κ2) is 4.40. The average Bonchev–Trinajstić information content (AvgIpc) is 2.46. The first-order valence-electron chi connectivity index (χ1n) is 7.05. The minimum absolute atomic E-state index is 0.0419. The lowest BCUT2D eigenvalue weighted by Gasteiger charge is -2.34. The van der Waals surface area contributed by atoms with Crippen molar-refractivity contribution in [1.29, 1.82) is 5.26 Å². The summed E-state index contributed by atoms with van der Waals surface area (Å²) in [4.78, 5) is 0. The van der Waals surface area contributed by atoms with Gasteiger partial charge in [0, 0.05) is 5.97 Å². The second-order valence-electron chi connectivity index (χ2n) is 7.40. The average molecular weight is 259 g/mol.